The lowest BCUT2D eigenvalue weighted by molar-refractivity contribution is -0.120. The molecule has 1 amide bonds. The summed E-state index contributed by atoms with van der Waals surface area (Å²) in [7, 11) is 0. The molecule has 0 saturated heterocycles. The number of thiophene rings is 1. The molecular formula is C20H23N3OS. The minimum Gasteiger partial charge on any atom is -0.353 e. The van der Waals surface area contributed by atoms with Gasteiger partial charge in [0.2, 0.25) is 5.91 Å². The van der Waals surface area contributed by atoms with E-state index in [2.05, 4.69) is 40.9 Å². The number of nitrogens with zero attached hydrogens (tertiary/aromatic N) is 2. The molecule has 1 atom stereocenters. The van der Waals surface area contributed by atoms with Crippen LogP contribution in [0.1, 0.15) is 33.4 Å². The summed E-state index contributed by atoms with van der Waals surface area (Å²) in [5.74, 6) is 0.0358. The Kier molecular flexibility index (Phi) is 5.34. The minimum absolute atomic E-state index is 0.0233. The first-order valence-corrected chi connectivity index (χ1v) is 9.29. The zero-order valence-corrected chi connectivity index (χ0v) is 15.6. The van der Waals surface area contributed by atoms with Crippen molar-refractivity contribution in [2.75, 3.05) is 6.54 Å². The van der Waals surface area contributed by atoms with Gasteiger partial charge < -0.3 is 5.32 Å². The second-order valence-corrected chi connectivity index (χ2v) is 7.35. The predicted octanol–water partition coefficient (Wildman–Crippen LogP) is 3.82. The number of benzene rings is 1. The lowest BCUT2D eigenvalue weighted by Crippen LogP contribution is -2.32. The topological polar surface area (TPSA) is 46.9 Å². The van der Waals surface area contributed by atoms with Gasteiger partial charge in [-0.15, -0.1) is 11.3 Å². The average Bonchev–Trinajstić information content (AvgIpc) is 3.18. The number of aryl methyl sites for hydroxylation is 3. The highest BCUT2D eigenvalue weighted by molar-refractivity contribution is 7.10. The van der Waals surface area contributed by atoms with E-state index in [1.54, 1.807) is 11.3 Å². The summed E-state index contributed by atoms with van der Waals surface area (Å²) >= 11 is 1.69. The number of hydrogen-bond donors (Lipinski definition) is 1. The van der Waals surface area contributed by atoms with E-state index >= 15 is 0 Å². The summed E-state index contributed by atoms with van der Waals surface area (Å²) in [6, 6.07) is 14.3. The molecule has 1 aromatic carbocycles. The van der Waals surface area contributed by atoms with Crippen molar-refractivity contribution in [2.45, 2.75) is 33.2 Å². The SMILES string of the molecule is Cc1cccc(CC(=O)NCC(c2cccs2)n2nc(C)cc2C)c1. The van der Waals surface area contributed by atoms with Gasteiger partial charge in [0.05, 0.1) is 12.1 Å². The third-order valence-corrected chi connectivity index (χ3v) is 5.12. The molecule has 1 N–H and O–H groups in total. The first-order chi connectivity index (χ1) is 12.0. The van der Waals surface area contributed by atoms with Crippen LogP contribution in [0.15, 0.2) is 47.8 Å². The number of rotatable bonds is 6. The molecule has 4 nitrogen and oxygen atoms in total. The van der Waals surface area contributed by atoms with Crippen molar-refractivity contribution in [1.82, 2.24) is 15.1 Å². The smallest absolute Gasteiger partial charge is 0.224 e. The van der Waals surface area contributed by atoms with E-state index in [1.165, 1.54) is 10.4 Å². The van der Waals surface area contributed by atoms with E-state index in [1.807, 2.05) is 42.8 Å². The lowest BCUT2D eigenvalue weighted by Gasteiger charge is -2.19. The van der Waals surface area contributed by atoms with Gasteiger partial charge in [0, 0.05) is 17.1 Å². The van der Waals surface area contributed by atoms with Gasteiger partial charge in [0.25, 0.3) is 0 Å². The molecule has 0 fully saturated rings. The fourth-order valence-electron chi connectivity index (χ4n) is 3.03. The maximum Gasteiger partial charge on any atom is 0.224 e. The van der Waals surface area contributed by atoms with Gasteiger partial charge in [0.1, 0.15) is 6.04 Å². The van der Waals surface area contributed by atoms with Gasteiger partial charge in [0.15, 0.2) is 0 Å². The van der Waals surface area contributed by atoms with Crippen LogP contribution in [0, 0.1) is 20.8 Å². The maximum absolute atomic E-state index is 12.4. The molecular weight excluding hydrogens is 330 g/mol. The van der Waals surface area contributed by atoms with Crippen molar-refractivity contribution >= 4 is 17.2 Å². The third-order valence-electron chi connectivity index (χ3n) is 4.15. The molecule has 2 heterocycles. The number of amides is 1. The van der Waals surface area contributed by atoms with Gasteiger partial charge >= 0.3 is 0 Å². The van der Waals surface area contributed by atoms with Crippen LogP contribution in [0.25, 0.3) is 0 Å². The average molecular weight is 353 g/mol. The van der Waals surface area contributed by atoms with E-state index in [4.69, 9.17) is 0 Å². The molecule has 130 valence electrons. The molecule has 2 aromatic heterocycles. The Bertz CT molecular complexity index is 852. The number of nitrogens with one attached hydrogen (secondary N) is 1. The van der Waals surface area contributed by atoms with Crippen molar-refractivity contribution in [3.8, 4) is 0 Å². The highest BCUT2D eigenvalue weighted by Gasteiger charge is 2.19. The summed E-state index contributed by atoms with van der Waals surface area (Å²) in [6.45, 7) is 6.62. The van der Waals surface area contributed by atoms with Crippen molar-refractivity contribution in [2.24, 2.45) is 0 Å². The molecule has 0 saturated carbocycles. The first-order valence-electron chi connectivity index (χ1n) is 8.41. The molecule has 5 heteroatoms. The van der Waals surface area contributed by atoms with E-state index in [0.29, 0.717) is 13.0 Å². The van der Waals surface area contributed by atoms with Crippen LogP contribution in [0.3, 0.4) is 0 Å². The quantitative estimate of drug-likeness (QED) is 0.732. The monoisotopic (exact) mass is 353 g/mol. The Hall–Kier alpha value is -2.40. The van der Waals surface area contributed by atoms with Gasteiger partial charge in [-0.25, -0.2) is 0 Å². The zero-order chi connectivity index (χ0) is 17.8. The summed E-state index contributed by atoms with van der Waals surface area (Å²) in [5, 5.41) is 9.75. The Labute approximate surface area is 152 Å². The number of aromatic nitrogens is 2. The highest BCUT2D eigenvalue weighted by atomic mass is 32.1. The Balaban J connectivity index is 1.71. The van der Waals surface area contributed by atoms with Crippen molar-refractivity contribution in [1.29, 1.82) is 0 Å². The van der Waals surface area contributed by atoms with E-state index in [9.17, 15) is 4.79 Å². The van der Waals surface area contributed by atoms with Crippen molar-refractivity contribution in [3.05, 3.63) is 75.2 Å². The van der Waals surface area contributed by atoms with Crippen LogP contribution in [-0.2, 0) is 11.2 Å². The molecule has 3 aromatic rings. The first kappa shape index (κ1) is 17.4. The summed E-state index contributed by atoms with van der Waals surface area (Å²) in [5.41, 5.74) is 4.30. The van der Waals surface area contributed by atoms with Crippen molar-refractivity contribution < 1.29 is 4.79 Å². The second kappa shape index (κ2) is 7.66. The molecule has 0 bridgehead atoms. The van der Waals surface area contributed by atoms with E-state index < -0.39 is 0 Å². The van der Waals surface area contributed by atoms with Crippen LogP contribution in [0.4, 0.5) is 0 Å². The minimum atomic E-state index is 0.0233. The third kappa shape index (κ3) is 4.37. The highest BCUT2D eigenvalue weighted by Crippen LogP contribution is 2.24. The largest absolute Gasteiger partial charge is 0.353 e. The Morgan fingerprint density at radius 1 is 1.20 bits per heavy atom. The molecule has 1 unspecified atom stereocenters. The molecule has 0 aliphatic heterocycles. The van der Waals surface area contributed by atoms with Crippen molar-refractivity contribution in [3.63, 3.8) is 0 Å². The van der Waals surface area contributed by atoms with E-state index in [-0.39, 0.29) is 11.9 Å². The zero-order valence-electron chi connectivity index (χ0n) is 14.8. The summed E-state index contributed by atoms with van der Waals surface area (Å²) < 4.78 is 2.01. The fraction of sp³-hybridized carbons (Fsp3) is 0.300. The number of carbonyl (C=O) groups excluding carboxylic acids is 1. The lowest BCUT2D eigenvalue weighted by atomic mass is 10.1. The number of carbonyl (C=O) groups is 1. The fourth-order valence-corrected chi connectivity index (χ4v) is 3.84. The normalized spacial score (nSPS) is 12.1. The van der Waals surface area contributed by atoms with Gasteiger partial charge in [-0.1, -0.05) is 35.9 Å². The second-order valence-electron chi connectivity index (χ2n) is 6.37. The summed E-state index contributed by atoms with van der Waals surface area (Å²) in [6.07, 6.45) is 0.399. The molecule has 0 aliphatic carbocycles. The molecule has 0 radical (unpaired) electrons. The van der Waals surface area contributed by atoms with Gasteiger partial charge in [-0.05, 0) is 43.8 Å². The Morgan fingerprint density at radius 2 is 2.04 bits per heavy atom. The molecule has 25 heavy (non-hydrogen) atoms. The summed E-state index contributed by atoms with van der Waals surface area (Å²) in [4.78, 5) is 13.6. The molecule has 0 aliphatic rings. The molecule has 0 spiro atoms. The Morgan fingerprint density at radius 3 is 2.68 bits per heavy atom. The molecule has 3 rings (SSSR count). The predicted molar refractivity (Wildman–Crippen MR) is 102 cm³/mol. The van der Waals surface area contributed by atoms with Crippen LogP contribution >= 0.6 is 11.3 Å². The maximum atomic E-state index is 12.4. The van der Waals surface area contributed by atoms with Crippen LogP contribution in [0.2, 0.25) is 0 Å². The van der Waals surface area contributed by atoms with Crippen LogP contribution in [0.5, 0.6) is 0 Å². The van der Waals surface area contributed by atoms with Crippen LogP contribution in [-0.4, -0.2) is 22.2 Å². The van der Waals surface area contributed by atoms with Crippen LogP contribution < -0.4 is 5.32 Å². The van der Waals surface area contributed by atoms with E-state index in [0.717, 1.165) is 17.0 Å². The van der Waals surface area contributed by atoms with Gasteiger partial charge in [-0.3, -0.25) is 9.48 Å². The van der Waals surface area contributed by atoms with Gasteiger partial charge in [-0.2, -0.15) is 5.10 Å². The standard InChI is InChI=1S/C20H23N3OS/c1-14-6-4-7-17(10-14)12-20(24)21-13-18(19-8-5-9-25-19)23-16(3)11-15(2)22-23/h4-11,18H,12-13H2,1-3H3,(H,21,24). The number of hydrogen-bond acceptors (Lipinski definition) is 3.